The smallest absolute Gasteiger partial charge is 0.410 e. The van der Waals surface area contributed by atoms with Gasteiger partial charge in [-0.3, -0.25) is 4.18 Å². The number of amides is 1. The zero-order chi connectivity index (χ0) is 18.4. The van der Waals surface area contributed by atoms with Gasteiger partial charge in [0.05, 0.1) is 11.5 Å². The van der Waals surface area contributed by atoms with Gasteiger partial charge in [0.25, 0.3) is 10.1 Å². The molecule has 0 bridgehead atoms. The summed E-state index contributed by atoms with van der Waals surface area (Å²) in [7, 11) is -2.07. The number of carbonyl (C=O) groups is 1. The molecule has 0 aliphatic rings. The molecule has 24 heavy (non-hydrogen) atoms. The molecule has 0 atom stereocenters. The molecule has 0 aliphatic carbocycles. The van der Waals surface area contributed by atoms with Crippen LogP contribution in [0.2, 0.25) is 0 Å². The Kier molecular flexibility index (Phi) is 7.23. The molecule has 0 fully saturated rings. The summed E-state index contributed by atoms with van der Waals surface area (Å²) >= 11 is 0. The van der Waals surface area contributed by atoms with Crippen molar-refractivity contribution in [3.63, 3.8) is 0 Å². The molecular weight excluding hydrogens is 330 g/mol. The van der Waals surface area contributed by atoms with Crippen molar-refractivity contribution in [3.8, 4) is 0 Å². The quantitative estimate of drug-likeness (QED) is 0.553. The minimum atomic E-state index is -3.72. The fourth-order valence-electron chi connectivity index (χ4n) is 1.82. The van der Waals surface area contributed by atoms with E-state index in [9.17, 15) is 13.2 Å². The summed E-state index contributed by atoms with van der Waals surface area (Å²) in [6.45, 7) is 7.87. The SMILES string of the molecule is Cc1ccc(S(=O)(=O)OCCCCN(C)C(=O)OC(C)(C)C)cc1. The van der Waals surface area contributed by atoms with Crippen molar-refractivity contribution in [2.45, 2.75) is 51.0 Å². The Morgan fingerprint density at radius 1 is 1.12 bits per heavy atom. The standard InChI is InChI=1S/C17H27NO5S/c1-14-8-10-15(11-9-14)24(20,21)22-13-7-6-12-18(5)16(19)23-17(2,3)4/h8-11H,6-7,12-13H2,1-5H3. The van der Waals surface area contributed by atoms with E-state index in [1.165, 1.54) is 17.0 Å². The Morgan fingerprint density at radius 2 is 1.71 bits per heavy atom. The number of nitrogens with zero attached hydrogens (tertiary/aromatic N) is 1. The van der Waals surface area contributed by atoms with Crippen LogP contribution in [0.5, 0.6) is 0 Å². The van der Waals surface area contributed by atoms with Crippen LogP contribution >= 0.6 is 0 Å². The number of unbranched alkanes of at least 4 members (excludes halogenated alkanes) is 1. The molecule has 0 spiro atoms. The van der Waals surface area contributed by atoms with E-state index in [2.05, 4.69) is 0 Å². The molecule has 1 rings (SSSR count). The number of hydrogen-bond acceptors (Lipinski definition) is 5. The van der Waals surface area contributed by atoms with Crippen LogP contribution in [0, 0.1) is 6.92 Å². The van der Waals surface area contributed by atoms with Gasteiger partial charge in [-0.05, 0) is 52.7 Å². The number of ether oxygens (including phenoxy) is 1. The Labute approximate surface area is 144 Å². The van der Waals surface area contributed by atoms with Crippen molar-refractivity contribution in [1.29, 1.82) is 0 Å². The second-order valence-corrected chi connectivity index (χ2v) is 8.31. The van der Waals surface area contributed by atoms with Gasteiger partial charge in [0.2, 0.25) is 0 Å². The molecule has 0 aliphatic heterocycles. The topological polar surface area (TPSA) is 72.9 Å². The lowest BCUT2D eigenvalue weighted by Crippen LogP contribution is -2.34. The van der Waals surface area contributed by atoms with Crippen LogP contribution in [0.25, 0.3) is 0 Å². The summed E-state index contributed by atoms with van der Waals surface area (Å²) < 4.78 is 34.3. The number of hydrogen-bond donors (Lipinski definition) is 0. The lowest BCUT2D eigenvalue weighted by Gasteiger charge is -2.24. The molecule has 7 heteroatoms. The van der Waals surface area contributed by atoms with Gasteiger partial charge in [0.15, 0.2) is 0 Å². The Balaban J connectivity index is 2.33. The normalized spacial score (nSPS) is 12.0. The van der Waals surface area contributed by atoms with Crippen molar-refractivity contribution < 1.29 is 22.1 Å². The van der Waals surface area contributed by atoms with Crippen molar-refractivity contribution in [3.05, 3.63) is 29.8 Å². The van der Waals surface area contributed by atoms with Crippen LogP contribution in [0.15, 0.2) is 29.2 Å². The molecule has 1 amide bonds. The van der Waals surface area contributed by atoms with Crippen LogP contribution in [-0.2, 0) is 19.0 Å². The van der Waals surface area contributed by atoms with Gasteiger partial charge in [-0.1, -0.05) is 17.7 Å². The highest BCUT2D eigenvalue weighted by atomic mass is 32.2. The predicted octanol–water partition coefficient (Wildman–Crippen LogP) is 3.35. The Bertz CT molecular complexity index is 632. The third kappa shape index (κ3) is 7.31. The van der Waals surface area contributed by atoms with Crippen LogP contribution in [0.1, 0.15) is 39.2 Å². The first-order chi connectivity index (χ1) is 11.0. The fraction of sp³-hybridized carbons (Fsp3) is 0.588. The molecule has 1 aromatic rings. The van der Waals surface area contributed by atoms with E-state index in [-0.39, 0.29) is 11.5 Å². The molecule has 0 saturated heterocycles. The average Bonchev–Trinajstić information content (AvgIpc) is 2.45. The van der Waals surface area contributed by atoms with Gasteiger partial charge in [-0.2, -0.15) is 8.42 Å². The second-order valence-electron chi connectivity index (χ2n) is 6.70. The molecule has 6 nitrogen and oxygen atoms in total. The zero-order valence-corrected chi connectivity index (χ0v) is 15.9. The van der Waals surface area contributed by atoms with Crippen LogP contribution in [-0.4, -0.2) is 45.2 Å². The van der Waals surface area contributed by atoms with Gasteiger partial charge in [-0.25, -0.2) is 4.79 Å². The first-order valence-corrected chi connectivity index (χ1v) is 9.32. The van der Waals surface area contributed by atoms with Crippen molar-refractivity contribution >= 4 is 16.2 Å². The highest BCUT2D eigenvalue weighted by Crippen LogP contribution is 2.14. The molecular formula is C17H27NO5S. The van der Waals surface area contributed by atoms with Gasteiger partial charge < -0.3 is 9.64 Å². The van der Waals surface area contributed by atoms with Gasteiger partial charge in [0.1, 0.15) is 5.60 Å². The van der Waals surface area contributed by atoms with Crippen LogP contribution in [0.3, 0.4) is 0 Å². The fourth-order valence-corrected chi connectivity index (χ4v) is 2.77. The first-order valence-electron chi connectivity index (χ1n) is 7.91. The molecule has 0 aromatic heterocycles. The number of aryl methyl sites for hydroxylation is 1. The second kappa shape index (κ2) is 8.48. The van der Waals surface area contributed by atoms with E-state index in [0.29, 0.717) is 19.4 Å². The molecule has 0 saturated carbocycles. The number of carbonyl (C=O) groups excluding carboxylic acids is 1. The number of rotatable bonds is 7. The summed E-state index contributed by atoms with van der Waals surface area (Å²) in [4.78, 5) is 13.4. The third-order valence-corrected chi connectivity index (χ3v) is 4.47. The van der Waals surface area contributed by atoms with Crippen molar-refractivity contribution in [2.24, 2.45) is 0 Å². The number of benzene rings is 1. The minimum absolute atomic E-state index is 0.0817. The highest BCUT2D eigenvalue weighted by Gasteiger charge is 2.19. The molecule has 0 N–H and O–H groups in total. The van der Waals surface area contributed by atoms with Crippen molar-refractivity contribution in [1.82, 2.24) is 4.90 Å². The lowest BCUT2D eigenvalue weighted by atomic mass is 10.2. The highest BCUT2D eigenvalue weighted by molar-refractivity contribution is 7.86. The summed E-state index contributed by atoms with van der Waals surface area (Å²) in [5, 5.41) is 0. The van der Waals surface area contributed by atoms with E-state index in [1.807, 2.05) is 27.7 Å². The van der Waals surface area contributed by atoms with Gasteiger partial charge in [-0.15, -0.1) is 0 Å². The summed E-state index contributed by atoms with van der Waals surface area (Å²) in [6.07, 6.45) is 0.757. The summed E-state index contributed by atoms with van der Waals surface area (Å²) in [5.74, 6) is 0. The monoisotopic (exact) mass is 357 g/mol. The lowest BCUT2D eigenvalue weighted by molar-refractivity contribution is 0.0294. The molecule has 136 valence electrons. The Morgan fingerprint density at radius 3 is 2.25 bits per heavy atom. The maximum atomic E-state index is 12.0. The minimum Gasteiger partial charge on any atom is -0.444 e. The molecule has 0 unspecified atom stereocenters. The predicted molar refractivity (Wildman–Crippen MR) is 92.4 cm³/mol. The van der Waals surface area contributed by atoms with Crippen molar-refractivity contribution in [2.75, 3.05) is 20.2 Å². The zero-order valence-electron chi connectivity index (χ0n) is 15.0. The van der Waals surface area contributed by atoms with Crippen LogP contribution < -0.4 is 0 Å². The largest absolute Gasteiger partial charge is 0.444 e. The molecule has 0 radical (unpaired) electrons. The van der Waals surface area contributed by atoms with E-state index < -0.39 is 21.8 Å². The Hall–Kier alpha value is -1.60. The van der Waals surface area contributed by atoms with Gasteiger partial charge in [0, 0.05) is 13.6 Å². The van der Waals surface area contributed by atoms with Gasteiger partial charge >= 0.3 is 6.09 Å². The maximum absolute atomic E-state index is 12.0. The first kappa shape index (κ1) is 20.4. The molecule has 1 aromatic carbocycles. The third-order valence-electron chi connectivity index (χ3n) is 3.14. The van der Waals surface area contributed by atoms with Crippen LogP contribution in [0.4, 0.5) is 4.79 Å². The average molecular weight is 357 g/mol. The van der Waals surface area contributed by atoms with E-state index >= 15 is 0 Å². The summed E-state index contributed by atoms with van der Waals surface area (Å²) in [6, 6.07) is 6.51. The molecule has 0 heterocycles. The summed E-state index contributed by atoms with van der Waals surface area (Å²) in [5.41, 5.74) is 0.454. The maximum Gasteiger partial charge on any atom is 0.410 e. The van der Waals surface area contributed by atoms with E-state index in [4.69, 9.17) is 8.92 Å². The van der Waals surface area contributed by atoms with E-state index in [0.717, 1.165) is 5.56 Å². The van der Waals surface area contributed by atoms with E-state index in [1.54, 1.807) is 19.2 Å².